The molecule has 1 aliphatic heterocycles. The molecule has 2 aliphatic rings. The molecule has 0 spiro atoms. The number of fused-ring (bicyclic) bond motifs is 3. The fourth-order valence-electron chi connectivity index (χ4n) is 5.23. The van der Waals surface area contributed by atoms with Gasteiger partial charge in [-0.1, -0.05) is 68.3 Å². The molecule has 0 bridgehead atoms. The fraction of sp³-hybridized carbons (Fsp3) is 0.464. The Balaban J connectivity index is 1.36. The van der Waals surface area contributed by atoms with E-state index < -0.39 is 18.0 Å². The molecule has 2 aromatic rings. The van der Waals surface area contributed by atoms with Gasteiger partial charge in [-0.2, -0.15) is 0 Å². The summed E-state index contributed by atoms with van der Waals surface area (Å²) in [6.07, 6.45) is 3.39. The van der Waals surface area contributed by atoms with E-state index in [1.165, 1.54) is 11.1 Å². The van der Waals surface area contributed by atoms with Gasteiger partial charge in [0.05, 0.1) is 5.92 Å². The van der Waals surface area contributed by atoms with Crippen molar-refractivity contribution in [3.63, 3.8) is 0 Å². The molecule has 2 aromatic carbocycles. The fourth-order valence-corrected chi connectivity index (χ4v) is 5.23. The van der Waals surface area contributed by atoms with Crippen molar-refractivity contribution < 1.29 is 24.2 Å². The molecule has 1 heterocycles. The Labute approximate surface area is 206 Å². The summed E-state index contributed by atoms with van der Waals surface area (Å²) in [5.74, 6) is -1.51. The summed E-state index contributed by atoms with van der Waals surface area (Å²) in [6.45, 7) is 3.09. The summed E-state index contributed by atoms with van der Waals surface area (Å²) < 4.78 is 5.67. The summed E-state index contributed by atoms with van der Waals surface area (Å²) in [4.78, 5) is 38.6. The van der Waals surface area contributed by atoms with E-state index in [0.29, 0.717) is 25.8 Å². The first-order chi connectivity index (χ1) is 17.0. The lowest BCUT2D eigenvalue weighted by Gasteiger charge is -2.32. The van der Waals surface area contributed by atoms with Crippen LogP contribution in [0.15, 0.2) is 48.5 Å². The summed E-state index contributed by atoms with van der Waals surface area (Å²) in [6, 6.07) is 16.0. The SMILES string of the molecule is CCCCC(CC(=O)N1CCC[C@H](C(=O)O)C1)NC(=O)OCC1c2ccccc2-c2ccccc21. The number of alkyl carbamates (subject to hydrolysis) is 1. The van der Waals surface area contributed by atoms with E-state index in [1.54, 1.807) is 4.90 Å². The number of amides is 2. The number of nitrogens with one attached hydrogen (secondary N) is 1. The molecule has 1 saturated heterocycles. The average Bonchev–Trinajstić information content (AvgIpc) is 3.19. The molecule has 1 aliphatic carbocycles. The average molecular weight is 479 g/mol. The molecular weight excluding hydrogens is 444 g/mol. The van der Waals surface area contributed by atoms with E-state index in [9.17, 15) is 19.5 Å². The number of likely N-dealkylation sites (tertiary alicyclic amines) is 1. The Morgan fingerprint density at radius 2 is 1.74 bits per heavy atom. The summed E-state index contributed by atoms with van der Waals surface area (Å²) in [5, 5.41) is 12.2. The van der Waals surface area contributed by atoms with Crippen molar-refractivity contribution in [3.8, 4) is 11.1 Å². The van der Waals surface area contributed by atoms with Crippen LogP contribution < -0.4 is 5.32 Å². The number of ether oxygens (including phenoxy) is 1. The number of aliphatic carboxylic acids is 1. The molecule has 1 fully saturated rings. The van der Waals surface area contributed by atoms with Crippen LogP contribution in [0.25, 0.3) is 11.1 Å². The van der Waals surface area contributed by atoms with E-state index in [2.05, 4.69) is 36.5 Å². The number of carbonyl (C=O) groups is 3. The molecule has 7 heteroatoms. The third-order valence-corrected chi connectivity index (χ3v) is 7.12. The first kappa shape index (κ1) is 24.8. The van der Waals surface area contributed by atoms with Crippen molar-refractivity contribution >= 4 is 18.0 Å². The molecule has 1 unspecified atom stereocenters. The van der Waals surface area contributed by atoms with Gasteiger partial charge in [-0.25, -0.2) is 4.79 Å². The maximum atomic E-state index is 12.9. The van der Waals surface area contributed by atoms with Crippen LogP contribution in [-0.2, 0) is 14.3 Å². The predicted molar refractivity (Wildman–Crippen MR) is 133 cm³/mol. The van der Waals surface area contributed by atoms with E-state index >= 15 is 0 Å². The molecule has 186 valence electrons. The number of unbranched alkanes of at least 4 members (excludes halogenated alkanes) is 1. The van der Waals surface area contributed by atoms with Crippen LogP contribution in [0.1, 0.15) is 62.5 Å². The minimum atomic E-state index is -0.859. The lowest BCUT2D eigenvalue weighted by Crippen LogP contribution is -2.45. The number of benzene rings is 2. The van der Waals surface area contributed by atoms with Crippen molar-refractivity contribution in [1.82, 2.24) is 10.2 Å². The smallest absolute Gasteiger partial charge is 0.407 e. The standard InChI is InChI=1S/C28H34N2O5/c1-2-3-10-20(16-26(31)30-15-8-9-19(17-30)27(32)33)29-28(34)35-18-25-23-13-6-4-11-21(23)22-12-5-7-14-24(22)25/h4-7,11-14,19-20,25H,2-3,8-10,15-18H2,1H3,(H,29,34)(H,32,33)/t19-,20?/m0/s1. The van der Waals surface area contributed by atoms with Crippen molar-refractivity contribution in [2.45, 2.75) is 57.4 Å². The van der Waals surface area contributed by atoms with Crippen LogP contribution in [-0.4, -0.2) is 53.7 Å². The highest BCUT2D eigenvalue weighted by Gasteiger charge is 2.31. The highest BCUT2D eigenvalue weighted by Crippen LogP contribution is 2.44. The topological polar surface area (TPSA) is 95.9 Å². The maximum absolute atomic E-state index is 12.9. The van der Waals surface area contributed by atoms with Crippen molar-refractivity contribution in [2.24, 2.45) is 5.92 Å². The Bertz CT molecular complexity index is 1020. The number of carboxylic acids is 1. The molecule has 35 heavy (non-hydrogen) atoms. The van der Waals surface area contributed by atoms with Gasteiger partial charge in [0, 0.05) is 31.5 Å². The Hall–Kier alpha value is -3.35. The number of carboxylic acid groups (broad SMARTS) is 1. The predicted octanol–water partition coefficient (Wildman–Crippen LogP) is 4.80. The summed E-state index contributed by atoms with van der Waals surface area (Å²) >= 11 is 0. The zero-order valence-corrected chi connectivity index (χ0v) is 20.2. The summed E-state index contributed by atoms with van der Waals surface area (Å²) in [5.41, 5.74) is 4.64. The quantitative estimate of drug-likeness (QED) is 0.540. The number of carbonyl (C=O) groups excluding carboxylic acids is 2. The van der Waals surface area contributed by atoms with E-state index in [0.717, 1.165) is 24.0 Å². The van der Waals surface area contributed by atoms with Crippen molar-refractivity contribution in [1.29, 1.82) is 0 Å². The minimum absolute atomic E-state index is 0.0230. The molecule has 2 atom stereocenters. The number of hydrogen-bond donors (Lipinski definition) is 2. The van der Waals surface area contributed by atoms with E-state index in [1.807, 2.05) is 24.3 Å². The maximum Gasteiger partial charge on any atom is 0.407 e. The normalized spacial score (nSPS) is 17.9. The number of piperidine rings is 1. The Morgan fingerprint density at radius 1 is 1.09 bits per heavy atom. The third kappa shape index (κ3) is 5.84. The van der Waals surface area contributed by atoms with Crippen LogP contribution in [0.4, 0.5) is 4.79 Å². The largest absolute Gasteiger partial charge is 0.481 e. The number of nitrogens with zero attached hydrogens (tertiary/aromatic N) is 1. The van der Waals surface area contributed by atoms with Crippen molar-refractivity contribution in [3.05, 3.63) is 59.7 Å². The molecule has 0 saturated carbocycles. The highest BCUT2D eigenvalue weighted by molar-refractivity contribution is 5.80. The molecule has 2 amide bonds. The Kier molecular flexibility index (Phi) is 8.06. The zero-order valence-electron chi connectivity index (χ0n) is 20.2. The van der Waals surface area contributed by atoms with Crippen LogP contribution in [0.5, 0.6) is 0 Å². The van der Waals surface area contributed by atoms with Gasteiger partial charge in [0.2, 0.25) is 5.91 Å². The van der Waals surface area contributed by atoms with Gasteiger partial charge in [-0.15, -0.1) is 0 Å². The molecule has 7 nitrogen and oxygen atoms in total. The lowest BCUT2D eigenvalue weighted by atomic mass is 9.97. The van der Waals surface area contributed by atoms with Gasteiger partial charge in [-0.05, 0) is 41.5 Å². The second kappa shape index (κ2) is 11.4. The van der Waals surface area contributed by atoms with Crippen LogP contribution in [0.3, 0.4) is 0 Å². The van der Waals surface area contributed by atoms with Gasteiger partial charge >= 0.3 is 12.1 Å². The minimum Gasteiger partial charge on any atom is -0.481 e. The van der Waals surface area contributed by atoms with Gasteiger partial charge in [0.1, 0.15) is 6.61 Å². The van der Waals surface area contributed by atoms with Gasteiger partial charge < -0.3 is 20.1 Å². The molecular formula is C28H34N2O5. The first-order valence-corrected chi connectivity index (χ1v) is 12.6. The van der Waals surface area contributed by atoms with Gasteiger partial charge in [-0.3, -0.25) is 9.59 Å². The third-order valence-electron chi connectivity index (χ3n) is 7.12. The van der Waals surface area contributed by atoms with E-state index in [-0.39, 0.29) is 37.4 Å². The highest BCUT2D eigenvalue weighted by atomic mass is 16.5. The second-order valence-electron chi connectivity index (χ2n) is 9.53. The second-order valence-corrected chi connectivity index (χ2v) is 9.53. The molecule has 0 radical (unpaired) electrons. The molecule has 0 aromatic heterocycles. The Morgan fingerprint density at radius 3 is 2.37 bits per heavy atom. The molecule has 4 rings (SSSR count). The van der Waals surface area contributed by atoms with E-state index in [4.69, 9.17) is 4.74 Å². The monoisotopic (exact) mass is 478 g/mol. The van der Waals surface area contributed by atoms with Gasteiger partial charge in [0.25, 0.3) is 0 Å². The van der Waals surface area contributed by atoms with Gasteiger partial charge in [0.15, 0.2) is 0 Å². The first-order valence-electron chi connectivity index (χ1n) is 12.6. The molecule has 2 N–H and O–H groups in total. The lowest BCUT2D eigenvalue weighted by molar-refractivity contribution is -0.145. The van der Waals surface area contributed by atoms with Crippen LogP contribution >= 0.6 is 0 Å². The number of hydrogen-bond acceptors (Lipinski definition) is 4. The van der Waals surface area contributed by atoms with Crippen LogP contribution in [0.2, 0.25) is 0 Å². The number of rotatable bonds is 9. The zero-order chi connectivity index (χ0) is 24.8. The summed E-state index contributed by atoms with van der Waals surface area (Å²) in [7, 11) is 0. The van der Waals surface area contributed by atoms with Crippen molar-refractivity contribution in [2.75, 3.05) is 19.7 Å². The van der Waals surface area contributed by atoms with Crippen LogP contribution in [0, 0.1) is 5.92 Å².